The molecule has 0 saturated heterocycles. The highest BCUT2D eigenvalue weighted by Crippen LogP contribution is 2.47. The zero-order valence-electron chi connectivity index (χ0n) is 14.2. The van der Waals surface area contributed by atoms with E-state index in [9.17, 15) is 0 Å². The van der Waals surface area contributed by atoms with Crippen molar-refractivity contribution >= 4 is 34.1 Å². The molecule has 1 heterocycles. The fraction of sp³-hybridized carbons (Fsp3) is 0.0909. The largest absolute Gasteiger partial charge is 0.632 e. The van der Waals surface area contributed by atoms with Crippen LogP contribution in [0.4, 0.5) is 0 Å². The zero-order valence-corrected chi connectivity index (χ0v) is 14.2. The molecule has 4 aromatic carbocycles. The minimum atomic E-state index is -0.396. The van der Waals surface area contributed by atoms with Crippen LogP contribution in [0.25, 0.3) is 21.5 Å². The summed E-state index contributed by atoms with van der Waals surface area (Å²) < 4.78 is 12.5. The van der Waals surface area contributed by atoms with Gasteiger partial charge >= 0.3 is 7.12 Å². The van der Waals surface area contributed by atoms with Gasteiger partial charge in [0.2, 0.25) is 0 Å². The molecule has 4 aromatic rings. The molecule has 5 rings (SSSR count). The van der Waals surface area contributed by atoms with Crippen molar-refractivity contribution in [2.45, 2.75) is 13.8 Å². The Hall–Kier alpha value is -2.94. The molecule has 0 bridgehead atoms. The number of benzene rings is 4. The van der Waals surface area contributed by atoms with Crippen molar-refractivity contribution in [1.29, 1.82) is 0 Å². The highest BCUT2D eigenvalue weighted by Gasteiger charge is 2.36. The molecule has 0 N–H and O–H groups in total. The Bertz CT molecular complexity index is 1050. The summed E-state index contributed by atoms with van der Waals surface area (Å²) in [6, 6.07) is 23.1. The van der Waals surface area contributed by atoms with E-state index in [2.05, 4.69) is 50.2 Å². The summed E-state index contributed by atoms with van der Waals surface area (Å²) in [4.78, 5) is 0. The van der Waals surface area contributed by atoms with Crippen LogP contribution >= 0.6 is 0 Å². The first-order valence-corrected chi connectivity index (χ1v) is 8.56. The van der Waals surface area contributed by atoms with Crippen molar-refractivity contribution < 1.29 is 9.31 Å². The standard InChI is InChI=1S/C22H17BO2/c1-14-8-10-17-19(12-14)20-13-15(2)9-11-18(20)22-21(17)24-23(25-22)16-6-4-3-5-7-16/h3-13H,1-2H3. The van der Waals surface area contributed by atoms with E-state index < -0.39 is 7.12 Å². The average Bonchev–Trinajstić information content (AvgIpc) is 3.08. The van der Waals surface area contributed by atoms with Gasteiger partial charge in [0, 0.05) is 16.2 Å². The maximum atomic E-state index is 6.26. The van der Waals surface area contributed by atoms with Crippen molar-refractivity contribution in [2.75, 3.05) is 0 Å². The monoisotopic (exact) mass is 324 g/mol. The van der Waals surface area contributed by atoms with Gasteiger partial charge < -0.3 is 9.31 Å². The number of rotatable bonds is 1. The van der Waals surface area contributed by atoms with Gasteiger partial charge in [-0.2, -0.15) is 0 Å². The lowest BCUT2D eigenvalue weighted by atomic mass is 9.79. The molecule has 0 radical (unpaired) electrons. The van der Waals surface area contributed by atoms with Gasteiger partial charge in [0.1, 0.15) is 0 Å². The Morgan fingerprint density at radius 3 is 1.64 bits per heavy atom. The van der Waals surface area contributed by atoms with Crippen LogP contribution in [0.15, 0.2) is 66.7 Å². The molecule has 0 fully saturated rings. The minimum absolute atomic E-state index is 0.396. The quantitative estimate of drug-likeness (QED) is 0.371. The first-order valence-electron chi connectivity index (χ1n) is 8.56. The van der Waals surface area contributed by atoms with E-state index in [4.69, 9.17) is 9.31 Å². The maximum absolute atomic E-state index is 6.26. The lowest BCUT2D eigenvalue weighted by molar-refractivity contribution is 0.522. The fourth-order valence-electron chi connectivity index (χ4n) is 3.62. The number of hydrogen-bond acceptors (Lipinski definition) is 2. The minimum Gasteiger partial charge on any atom is -0.519 e. The summed E-state index contributed by atoms with van der Waals surface area (Å²) >= 11 is 0. The molecule has 3 heteroatoms. The Labute approximate surface area is 147 Å². The van der Waals surface area contributed by atoms with Crippen molar-refractivity contribution in [3.05, 3.63) is 77.9 Å². The van der Waals surface area contributed by atoms with Crippen LogP contribution in [0.1, 0.15) is 11.1 Å². The van der Waals surface area contributed by atoms with Crippen molar-refractivity contribution in [3.8, 4) is 11.5 Å². The van der Waals surface area contributed by atoms with Crippen LogP contribution in [0.2, 0.25) is 0 Å². The molecule has 0 unspecified atom stereocenters. The number of aryl methyl sites for hydroxylation is 2. The van der Waals surface area contributed by atoms with Crippen LogP contribution in [0.3, 0.4) is 0 Å². The van der Waals surface area contributed by atoms with Gasteiger partial charge in [-0.15, -0.1) is 0 Å². The van der Waals surface area contributed by atoms with Crippen molar-refractivity contribution in [3.63, 3.8) is 0 Å². The molecule has 0 aromatic heterocycles. The van der Waals surface area contributed by atoms with Gasteiger partial charge in [0.05, 0.1) is 0 Å². The normalized spacial score (nSPS) is 13.0. The molecular weight excluding hydrogens is 307 g/mol. The second-order valence-electron chi connectivity index (χ2n) is 6.73. The van der Waals surface area contributed by atoms with Gasteiger partial charge in [-0.3, -0.25) is 0 Å². The average molecular weight is 324 g/mol. The lowest BCUT2D eigenvalue weighted by Gasteiger charge is -2.11. The molecule has 0 atom stereocenters. The van der Waals surface area contributed by atoms with Crippen molar-refractivity contribution in [2.24, 2.45) is 0 Å². The lowest BCUT2D eigenvalue weighted by Crippen LogP contribution is -2.38. The van der Waals surface area contributed by atoms with E-state index in [0.29, 0.717) is 0 Å². The summed E-state index contributed by atoms with van der Waals surface area (Å²) in [7, 11) is -0.396. The highest BCUT2D eigenvalue weighted by atomic mass is 16.6. The topological polar surface area (TPSA) is 18.5 Å². The number of hydrogen-bond donors (Lipinski definition) is 0. The summed E-state index contributed by atoms with van der Waals surface area (Å²) in [5, 5.41) is 4.65. The maximum Gasteiger partial charge on any atom is 0.632 e. The molecular formula is C22H17BO2. The van der Waals surface area contributed by atoms with Crippen LogP contribution in [-0.4, -0.2) is 7.12 Å². The Balaban J connectivity index is 1.80. The molecule has 25 heavy (non-hydrogen) atoms. The highest BCUT2D eigenvalue weighted by molar-refractivity contribution is 6.64. The molecule has 0 amide bonds. The molecule has 0 saturated carbocycles. The van der Waals surface area contributed by atoms with Crippen LogP contribution in [-0.2, 0) is 0 Å². The second-order valence-corrected chi connectivity index (χ2v) is 6.73. The Morgan fingerprint density at radius 1 is 0.600 bits per heavy atom. The zero-order chi connectivity index (χ0) is 17.0. The van der Waals surface area contributed by atoms with Gasteiger partial charge in [0.15, 0.2) is 11.5 Å². The van der Waals surface area contributed by atoms with Gasteiger partial charge in [-0.1, -0.05) is 77.9 Å². The molecule has 120 valence electrons. The third kappa shape index (κ3) is 2.19. The predicted octanol–water partition coefficient (Wildman–Crippen LogP) is 4.78. The van der Waals surface area contributed by atoms with Gasteiger partial charge in [-0.25, -0.2) is 0 Å². The predicted molar refractivity (Wildman–Crippen MR) is 104 cm³/mol. The third-order valence-electron chi connectivity index (χ3n) is 4.86. The Kier molecular flexibility index (Phi) is 3.05. The SMILES string of the molecule is Cc1ccc2c3c(c4ccc(C)cc4c2c1)OB(c1ccccc1)O3. The van der Waals surface area contributed by atoms with Gasteiger partial charge in [-0.05, 0) is 24.6 Å². The van der Waals surface area contributed by atoms with E-state index in [0.717, 1.165) is 27.7 Å². The van der Waals surface area contributed by atoms with E-state index in [1.165, 1.54) is 21.9 Å². The molecule has 0 spiro atoms. The first kappa shape index (κ1) is 14.4. The van der Waals surface area contributed by atoms with Gasteiger partial charge in [0.25, 0.3) is 0 Å². The fourth-order valence-corrected chi connectivity index (χ4v) is 3.62. The number of fused-ring (bicyclic) bond motifs is 6. The summed E-state index contributed by atoms with van der Waals surface area (Å²) in [6.07, 6.45) is 0. The molecule has 2 nitrogen and oxygen atoms in total. The second kappa shape index (κ2) is 5.28. The van der Waals surface area contributed by atoms with E-state index >= 15 is 0 Å². The first-order chi connectivity index (χ1) is 12.2. The molecule has 1 aliphatic heterocycles. The Morgan fingerprint density at radius 2 is 1.12 bits per heavy atom. The van der Waals surface area contributed by atoms with E-state index in [-0.39, 0.29) is 0 Å². The summed E-state index contributed by atoms with van der Waals surface area (Å²) in [5.41, 5.74) is 3.52. The summed E-state index contributed by atoms with van der Waals surface area (Å²) in [6.45, 7) is 4.25. The smallest absolute Gasteiger partial charge is 0.519 e. The van der Waals surface area contributed by atoms with Crippen molar-refractivity contribution in [1.82, 2.24) is 0 Å². The van der Waals surface area contributed by atoms with Crippen LogP contribution in [0.5, 0.6) is 11.5 Å². The molecule has 0 aliphatic carbocycles. The van der Waals surface area contributed by atoms with E-state index in [1.807, 2.05) is 30.3 Å². The summed E-state index contributed by atoms with van der Waals surface area (Å²) in [5.74, 6) is 1.69. The third-order valence-corrected chi connectivity index (χ3v) is 4.86. The van der Waals surface area contributed by atoms with E-state index in [1.54, 1.807) is 0 Å². The van der Waals surface area contributed by atoms with Crippen LogP contribution in [0, 0.1) is 13.8 Å². The molecule has 1 aliphatic rings. The van der Waals surface area contributed by atoms with Crippen LogP contribution < -0.4 is 14.8 Å².